The number of aliphatic hydroxyl groups excluding tert-OH is 1. The minimum absolute atomic E-state index is 0.110. The minimum Gasteiger partial charge on any atom is -0.393 e. The molecule has 2 unspecified atom stereocenters. The van der Waals surface area contributed by atoms with E-state index in [0.29, 0.717) is 5.92 Å². The number of aryl methyl sites for hydroxylation is 1. The van der Waals surface area contributed by atoms with Gasteiger partial charge in [0.2, 0.25) is 0 Å². The van der Waals surface area contributed by atoms with Gasteiger partial charge in [0.1, 0.15) is 17.5 Å². The smallest absolute Gasteiger partial charge is 0.131 e. The van der Waals surface area contributed by atoms with Crippen LogP contribution in [0.1, 0.15) is 38.4 Å². The lowest BCUT2D eigenvalue weighted by atomic mass is 10.1. The molecule has 1 heterocycles. The summed E-state index contributed by atoms with van der Waals surface area (Å²) in [7, 11) is 0. The summed E-state index contributed by atoms with van der Waals surface area (Å²) in [5.41, 5.74) is 0. The summed E-state index contributed by atoms with van der Waals surface area (Å²) in [5, 5.41) is 16.2. The molecule has 0 aromatic carbocycles. The van der Waals surface area contributed by atoms with E-state index >= 15 is 0 Å². The van der Waals surface area contributed by atoms with Crippen LogP contribution in [0.3, 0.4) is 0 Å². The van der Waals surface area contributed by atoms with Crippen molar-refractivity contribution in [2.75, 3.05) is 23.7 Å². The third kappa shape index (κ3) is 4.35. The second-order valence-electron chi connectivity index (χ2n) is 5.33. The molecule has 3 N–H and O–H groups in total. The Bertz CT molecular complexity index is 410. The SMILES string of the molecule is CCCNc1cc(NCC2CCC(O)C2)nc(C)n1. The van der Waals surface area contributed by atoms with E-state index in [4.69, 9.17) is 0 Å². The highest BCUT2D eigenvalue weighted by Gasteiger charge is 2.22. The van der Waals surface area contributed by atoms with Crippen LogP contribution in [0.25, 0.3) is 0 Å². The van der Waals surface area contributed by atoms with Gasteiger partial charge in [-0.2, -0.15) is 0 Å². The van der Waals surface area contributed by atoms with E-state index in [0.717, 1.165) is 56.2 Å². The van der Waals surface area contributed by atoms with Crippen LogP contribution < -0.4 is 10.6 Å². The van der Waals surface area contributed by atoms with Crippen molar-refractivity contribution in [1.82, 2.24) is 9.97 Å². The van der Waals surface area contributed by atoms with Crippen LogP contribution in [0.15, 0.2) is 6.07 Å². The molecule has 1 saturated carbocycles. The number of nitrogens with zero attached hydrogens (tertiary/aromatic N) is 2. The van der Waals surface area contributed by atoms with Gasteiger partial charge < -0.3 is 15.7 Å². The molecular weight excluding hydrogens is 240 g/mol. The molecule has 2 atom stereocenters. The molecule has 1 aliphatic rings. The predicted molar refractivity (Wildman–Crippen MR) is 77.4 cm³/mol. The third-order valence-electron chi connectivity index (χ3n) is 3.48. The summed E-state index contributed by atoms with van der Waals surface area (Å²) in [6.45, 7) is 5.83. The van der Waals surface area contributed by atoms with Crippen LogP contribution >= 0.6 is 0 Å². The molecule has 106 valence electrons. The molecule has 5 nitrogen and oxygen atoms in total. The Morgan fingerprint density at radius 1 is 1.26 bits per heavy atom. The van der Waals surface area contributed by atoms with E-state index in [-0.39, 0.29) is 6.10 Å². The number of hydrogen-bond donors (Lipinski definition) is 3. The van der Waals surface area contributed by atoms with E-state index < -0.39 is 0 Å². The first-order valence-corrected chi connectivity index (χ1v) is 7.19. The summed E-state index contributed by atoms with van der Waals surface area (Å²) >= 11 is 0. The van der Waals surface area contributed by atoms with Gasteiger partial charge >= 0.3 is 0 Å². The Morgan fingerprint density at radius 2 is 2.00 bits per heavy atom. The molecule has 5 heteroatoms. The fourth-order valence-electron chi connectivity index (χ4n) is 2.48. The Morgan fingerprint density at radius 3 is 2.63 bits per heavy atom. The monoisotopic (exact) mass is 264 g/mol. The van der Waals surface area contributed by atoms with Gasteiger partial charge in [-0.25, -0.2) is 9.97 Å². The Balaban J connectivity index is 1.90. The fourth-order valence-corrected chi connectivity index (χ4v) is 2.48. The van der Waals surface area contributed by atoms with E-state index in [1.54, 1.807) is 0 Å². The number of aromatic nitrogens is 2. The first kappa shape index (κ1) is 14.1. The van der Waals surface area contributed by atoms with Gasteiger partial charge in [0.15, 0.2) is 0 Å². The predicted octanol–water partition coefficient (Wildman–Crippen LogP) is 2.18. The Hall–Kier alpha value is -1.36. The molecule has 1 aromatic heterocycles. The molecule has 1 fully saturated rings. The normalized spacial score (nSPS) is 22.5. The average Bonchev–Trinajstić information content (AvgIpc) is 2.79. The second-order valence-corrected chi connectivity index (χ2v) is 5.33. The molecule has 0 saturated heterocycles. The van der Waals surface area contributed by atoms with Gasteiger partial charge in [0.05, 0.1) is 6.10 Å². The van der Waals surface area contributed by atoms with Crippen molar-refractivity contribution >= 4 is 11.6 Å². The lowest BCUT2D eigenvalue weighted by molar-refractivity contribution is 0.178. The van der Waals surface area contributed by atoms with Crippen molar-refractivity contribution in [3.05, 3.63) is 11.9 Å². The average molecular weight is 264 g/mol. The second kappa shape index (κ2) is 6.70. The highest BCUT2D eigenvalue weighted by atomic mass is 16.3. The minimum atomic E-state index is -0.110. The van der Waals surface area contributed by atoms with Crippen molar-refractivity contribution < 1.29 is 5.11 Å². The molecule has 0 amide bonds. The summed E-state index contributed by atoms with van der Waals surface area (Å²) < 4.78 is 0. The van der Waals surface area contributed by atoms with Gasteiger partial charge in [0, 0.05) is 19.2 Å². The van der Waals surface area contributed by atoms with Crippen molar-refractivity contribution in [1.29, 1.82) is 0 Å². The molecular formula is C14H24N4O. The molecule has 0 aliphatic heterocycles. The number of rotatable bonds is 6. The van der Waals surface area contributed by atoms with Gasteiger partial charge in [-0.05, 0) is 38.5 Å². The van der Waals surface area contributed by atoms with E-state index in [1.165, 1.54) is 0 Å². The Kier molecular flexibility index (Phi) is 4.96. The van der Waals surface area contributed by atoms with E-state index in [1.807, 2.05) is 13.0 Å². The molecule has 0 bridgehead atoms. The van der Waals surface area contributed by atoms with E-state index in [2.05, 4.69) is 27.5 Å². The summed E-state index contributed by atoms with van der Waals surface area (Å²) in [6, 6.07) is 1.95. The van der Waals surface area contributed by atoms with Crippen LogP contribution in [-0.2, 0) is 0 Å². The Labute approximate surface area is 114 Å². The lowest BCUT2D eigenvalue weighted by Crippen LogP contribution is -2.14. The number of anilines is 2. The highest BCUT2D eigenvalue weighted by Crippen LogP contribution is 2.25. The highest BCUT2D eigenvalue weighted by molar-refractivity contribution is 5.47. The van der Waals surface area contributed by atoms with Gasteiger partial charge in [0.25, 0.3) is 0 Å². The topological polar surface area (TPSA) is 70.1 Å². The van der Waals surface area contributed by atoms with Crippen molar-refractivity contribution in [2.45, 2.75) is 45.6 Å². The van der Waals surface area contributed by atoms with Crippen molar-refractivity contribution in [3.8, 4) is 0 Å². The maximum atomic E-state index is 9.52. The molecule has 1 aromatic rings. The number of nitrogens with one attached hydrogen (secondary N) is 2. The maximum absolute atomic E-state index is 9.52. The van der Waals surface area contributed by atoms with Gasteiger partial charge in [-0.3, -0.25) is 0 Å². The van der Waals surface area contributed by atoms with Crippen LogP contribution in [0, 0.1) is 12.8 Å². The zero-order valence-corrected chi connectivity index (χ0v) is 11.8. The molecule has 1 aliphatic carbocycles. The lowest BCUT2D eigenvalue weighted by Gasteiger charge is -2.13. The summed E-state index contributed by atoms with van der Waals surface area (Å²) in [5.74, 6) is 3.07. The first-order valence-electron chi connectivity index (χ1n) is 7.19. The van der Waals surface area contributed by atoms with Crippen LogP contribution in [0.2, 0.25) is 0 Å². The van der Waals surface area contributed by atoms with Crippen LogP contribution in [-0.4, -0.2) is 34.3 Å². The van der Waals surface area contributed by atoms with Crippen molar-refractivity contribution in [3.63, 3.8) is 0 Å². The van der Waals surface area contributed by atoms with Gasteiger partial charge in [-0.15, -0.1) is 0 Å². The molecule has 2 rings (SSSR count). The van der Waals surface area contributed by atoms with Gasteiger partial charge in [-0.1, -0.05) is 6.92 Å². The summed E-state index contributed by atoms with van der Waals surface area (Å²) in [6.07, 6.45) is 3.89. The van der Waals surface area contributed by atoms with Crippen LogP contribution in [0.4, 0.5) is 11.6 Å². The first-order chi connectivity index (χ1) is 9.17. The zero-order valence-electron chi connectivity index (χ0n) is 11.8. The summed E-state index contributed by atoms with van der Waals surface area (Å²) in [4.78, 5) is 8.76. The maximum Gasteiger partial charge on any atom is 0.131 e. The largest absolute Gasteiger partial charge is 0.393 e. The van der Waals surface area contributed by atoms with E-state index in [9.17, 15) is 5.11 Å². The van der Waals surface area contributed by atoms with Crippen molar-refractivity contribution in [2.24, 2.45) is 5.92 Å². The number of aliphatic hydroxyl groups is 1. The van der Waals surface area contributed by atoms with Crippen LogP contribution in [0.5, 0.6) is 0 Å². The quantitative estimate of drug-likeness (QED) is 0.734. The number of hydrogen-bond acceptors (Lipinski definition) is 5. The molecule has 0 spiro atoms. The third-order valence-corrected chi connectivity index (χ3v) is 3.48. The zero-order chi connectivity index (χ0) is 13.7. The molecule has 19 heavy (non-hydrogen) atoms. The fraction of sp³-hybridized carbons (Fsp3) is 0.714. The standard InChI is InChI=1S/C14H24N4O/c1-3-6-15-13-8-14(18-10(2)17-13)16-9-11-4-5-12(19)7-11/h8,11-12,19H,3-7,9H2,1-2H3,(H2,15,16,17,18). The molecule has 0 radical (unpaired) electrons.